The summed E-state index contributed by atoms with van der Waals surface area (Å²) in [6.07, 6.45) is 2.22. The highest BCUT2D eigenvalue weighted by atomic mass is 32.1. The molecule has 3 heteroatoms. The van der Waals surface area contributed by atoms with E-state index in [-0.39, 0.29) is 5.60 Å². The number of thiol groups is 1. The van der Waals surface area contributed by atoms with Crippen LogP contribution in [0.15, 0.2) is 0 Å². The second-order valence-electron chi connectivity index (χ2n) is 4.32. The van der Waals surface area contributed by atoms with Crippen molar-refractivity contribution in [3.05, 3.63) is 0 Å². The molecular formula is C11H23NOS. The maximum Gasteiger partial charge on any atom is 0.0804 e. The predicted molar refractivity (Wildman–Crippen MR) is 64.2 cm³/mol. The summed E-state index contributed by atoms with van der Waals surface area (Å²) in [6, 6.07) is 0. The SMILES string of the molecule is CCC1(CC)CN(CC(C)S)CCO1. The summed E-state index contributed by atoms with van der Waals surface area (Å²) in [5.74, 6) is 0. The van der Waals surface area contributed by atoms with E-state index in [4.69, 9.17) is 4.74 Å². The molecule has 0 radical (unpaired) electrons. The Kier molecular flexibility index (Phi) is 4.74. The topological polar surface area (TPSA) is 12.5 Å². The molecule has 0 aliphatic carbocycles. The Labute approximate surface area is 93.4 Å². The first-order valence-electron chi connectivity index (χ1n) is 5.66. The number of morpholine rings is 1. The molecule has 0 saturated carbocycles. The molecular weight excluding hydrogens is 194 g/mol. The van der Waals surface area contributed by atoms with E-state index in [1.165, 1.54) is 0 Å². The van der Waals surface area contributed by atoms with Gasteiger partial charge in [0.05, 0.1) is 12.2 Å². The van der Waals surface area contributed by atoms with Gasteiger partial charge in [-0.3, -0.25) is 4.90 Å². The Morgan fingerprint density at radius 3 is 2.57 bits per heavy atom. The summed E-state index contributed by atoms with van der Waals surface area (Å²) in [5.41, 5.74) is 0.112. The van der Waals surface area contributed by atoms with Crippen LogP contribution in [0.4, 0.5) is 0 Å². The lowest BCUT2D eigenvalue weighted by molar-refractivity contribution is -0.112. The van der Waals surface area contributed by atoms with Crippen LogP contribution in [0.3, 0.4) is 0 Å². The van der Waals surface area contributed by atoms with E-state index in [1.54, 1.807) is 0 Å². The molecule has 0 aromatic heterocycles. The van der Waals surface area contributed by atoms with Gasteiger partial charge >= 0.3 is 0 Å². The highest BCUT2D eigenvalue weighted by molar-refractivity contribution is 7.80. The molecule has 1 aliphatic rings. The minimum absolute atomic E-state index is 0.112. The normalized spacial score (nSPS) is 24.9. The third-order valence-electron chi connectivity index (χ3n) is 3.14. The van der Waals surface area contributed by atoms with E-state index in [0.29, 0.717) is 5.25 Å². The molecule has 1 unspecified atom stereocenters. The molecule has 1 fully saturated rings. The van der Waals surface area contributed by atoms with Crippen LogP contribution in [-0.4, -0.2) is 42.0 Å². The number of hydrogen-bond acceptors (Lipinski definition) is 3. The minimum atomic E-state index is 0.112. The van der Waals surface area contributed by atoms with Gasteiger partial charge in [-0.2, -0.15) is 12.6 Å². The first-order valence-corrected chi connectivity index (χ1v) is 6.18. The van der Waals surface area contributed by atoms with E-state index >= 15 is 0 Å². The summed E-state index contributed by atoms with van der Waals surface area (Å²) in [5, 5.41) is 0.458. The lowest BCUT2D eigenvalue weighted by atomic mass is 9.95. The highest BCUT2D eigenvalue weighted by Crippen LogP contribution is 2.25. The van der Waals surface area contributed by atoms with Gasteiger partial charge in [0, 0.05) is 24.9 Å². The Balaban J connectivity index is 2.49. The second-order valence-corrected chi connectivity index (χ2v) is 5.20. The van der Waals surface area contributed by atoms with Gasteiger partial charge in [-0.1, -0.05) is 20.8 Å². The van der Waals surface area contributed by atoms with Crippen LogP contribution in [0.5, 0.6) is 0 Å². The molecule has 14 heavy (non-hydrogen) atoms. The number of ether oxygens (including phenoxy) is 1. The summed E-state index contributed by atoms with van der Waals surface area (Å²) in [6.45, 7) is 10.7. The lowest BCUT2D eigenvalue weighted by Gasteiger charge is -2.42. The van der Waals surface area contributed by atoms with Gasteiger partial charge in [0.2, 0.25) is 0 Å². The second kappa shape index (κ2) is 5.38. The minimum Gasteiger partial charge on any atom is -0.372 e. The molecule has 0 amide bonds. The molecule has 2 nitrogen and oxygen atoms in total. The fourth-order valence-electron chi connectivity index (χ4n) is 2.13. The van der Waals surface area contributed by atoms with Crippen LogP contribution in [0, 0.1) is 0 Å². The Morgan fingerprint density at radius 2 is 2.07 bits per heavy atom. The smallest absolute Gasteiger partial charge is 0.0804 e. The molecule has 84 valence electrons. The molecule has 0 aromatic carbocycles. The van der Waals surface area contributed by atoms with Crippen molar-refractivity contribution in [2.75, 3.05) is 26.2 Å². The fraction of sp³-hybridized carbons (Fsp3) is 1.00. The van der Waals surface area contributed by atoms with E-state index in [0.717, 1.165) is 39.1 Å². The zero-order valence-electron chi connectivity index (χ0n) is 9.62. The summed E-state index contributed by atoms with van der Waals surface area (Å²) >= 11 is 4.44. The van der Waals surface area contributed by atoms with E-state index in [1.807, 2.05) is 0 Å². The van der Waals surface area contributed by atoms with Crippen LogP contribution in [0.25, 0.3) is 0 Å². The Bertz CT molecular complexity index is 169. The molecule has 1 aliphatic heterocycles. The van der Waals surface area contributed by atoms with Crippen molar-refractivity contribution < 1.29 is 4.74 Å². The standard InChI is InChI=1S/C11H23NOS/c1-4-11(5-2)9-12(6-7-13-11)8-10(3)14/h10,14H,4-9H2,1-3H3. The van der Waals surface area contributed by atoms with Crippen LogP contribution < -0.4 is 0 Å². The zero-order valence-corrected chi connectivity index (χ0v) is 10.5. The average molecular weight is 217 g/mol. The van der Waals surface area contributed by atoms with E-state index < -0.39 is 0 Å². The lowest BCUT2D eigenvalue weighted by Crippen LogP contribution is -2.52. The molecule has 1 heterocycles. The molecule has 0 aromatic rings. The van der Waals surface area contributed by atoms with Crippen molar-refractivity contribution >= 4 is 12.6 Å². The Morgan fingerprint density at radius 1 is 1.43 bits per heavy atom. The maximum atomic E-state index is 5.91. The average Bonchev–Trinajstić information content (AvgIpc) is 2.17. The predicted octanol–water partition coefficient (Wildman–Crippen LogP) is 2.20. The molecule has 0 N–H and O–H groups in total. The van der Waals surface area contributed by atoms with Gasteiger partial charge in [0.1, 0.15) is 0 Å². The van der Waals surface area contributed by atoms with Crippen molar-refractivity contribution in [1.29, 1.82) is 0 Å². The first kappa shape index (κ1) is 12.3. The van der Waals surface area contributed by atoms with E-state index in [2.05, 4.69) is 38.3 Å². The van der Waals surface area contributed by atoms with Gasteiger partial charge < -0.3 is 4.74 Å². The monoisotopic (exact) mass is 217 g/mol. The van der Waals surface area contributed by atoms with Crippen molar-refractivity contribution in [2.45, 2.75) is 44.5 Å². The Hall–Kier alpha value is 0.270. The molecule has 0 bridgehead atoms. The number of nitrogens with zero attached hydrogens (tertiary/aromatic N) is 1. The molecule has 1 saturated heterocycles. The van der Waals surface area contributed by atoms with Gasteiger partial charge in [-0.05, 0) is 12.8 Å². The number of rotatable bonds is 4. The van der Waals surface area contributed by atoms with Crippen LogP contribution in [0.1, 0.15) is 33.6 Å². The molecule has 0 spiro atoms. The zero-order chi connectivity index (χ0) is 10.6. The van der Waals surface area contributed by atoms with Crippen LogP contribution in [0.2, 0.25) is 0 Å². The third kappa shape index (κ3) is 3.14. The van der Waals surface area contributed by atoms with E-state index in [9.17, 15) is 0 Å². The van der Waals surface area contributed by atoms with Gasteiger partial charge in [0.25, 0.3) is 0 Å². The van der Waals surface area contributed by atoms with Gasteiger partial charge in [-0.15, -0.1) is 0 Å². The quantitative estimate of drug-likeness (QED) is 0.725. The largest absolute Gasteiger partial charge is 0.372 e. The fourth-order valence-corrected chi connectivity index (χ4v) is 2.36. The van der Waals surface area contributed by atoms with Crippen molar-refractivity contribution in [3.63, 3.8) is 0 Å². The third-order valence-corrected chi connectivity index (χ3v) is 3.30. The summed E-state index contributed by atoms with van der Waals surface area (Å²) < 4.78 is 5.91. The van der Waals surface area contributed by atoms with Crippen molar-refractivity contribution in [2.24, 2.45) is 0 Å². The van der Waals surface area contributed by atoms with Crippen LogP contribution >= 0.6 is 12.6 Å². The summed E-state index contributed by atoms with van der Waals surface area (Å²) in [4.78, 5) is 2.48. The first-order chi connectivity index (χ1) is 6.62. The maximum absolute atomic E-state index is 5.91. The summed E-state index contributed by atoms with van der Waals surface area (Å²) in [7, 11) is 0. The van der Waals surface area contributed by atoms with Crippen molar-refractivity contribution in [1.82, 2.24) is 4.90 Å². The van der Waals surface area contributed by atoms with Gasteiger partial charge in [-0.25, -0.2) is 0 Å². The number of hydrogen-bond donors (Lipinski definition) is 1. The molecule has 1 atom stereocenters. The van der Waals surface area contributed by atoms with Gasteiger partial charge in [0.15, 0.2) is 0 Å². The van der Waals surface area contributed by atoms with Crippen LogP contribution in [-0.2, 0) is 4.74 Å². The molecule has 1 rings (SSSR count). The van der Waals surface area contributed by atoms with Crippen molar-refractivity contribution in [3.8, 4) is 0 Å². The highest BCUT2D eigenvalue weighted by Gasteiger charge is 2.33.